The number of hydrogen-bond donors (Lipinski definition) is 1. The van der Waals surface area contributed by atoms with Gasteiger partial charge in [-0.05, 0) is 17.5 Å². The van der Waals surface area contributed by atoms with Crippen molar-refractivity contribution in [1.29, 1.82) is 0 Å². The zero-order chi connectivity index (χ0) is 19.2. The number of para-hydroxylation sites is 1. The predicted octanol–water partition coefficient (Wildman–Crippen LogP) is 5.35. The second-order valence-electron chi connectivity index (χ2n) is 7.53. The highest BCUT2D eigenvalue weighted by molar-refractivity contribution is 5.90. The van der Waals surface area contributed by atoms with Crippen LogP contribution in [0.5, 0.6) is 0 Å². The molecule has 29 heavy (non-hydrogen) atoms. The molecule has 6 rings (SSSR count). The fraction of sp³-hybridized carbons (Fsp3) is 0.120. The monoisotopic (exact) mass is 376 g/mol. The maximum Gasteiger partial charge on any atom is 0.160 e. The van der Waals surface area contributed by atoms with Gasteiger partial charge in [0.15, 0.2) is 5.82 Å². The van der Waals surface area contributed by atoms with Crippen LogP contribution < -0.4 is 10.2 Å². The molecule has 1 N–H and O–H groups in total. The maximum atomic E-state index is 4.73. The summed E-state index contributed by atoms with van der Waals surface area (Å²) in [5.41, 5.74) is 8.25. The summed E-state index contributed by atoms with van der Waals surface area (Å²) in [5.74, 6) is 0.962. The lowest BCUT2D eigenvalue weighted by Crippen LogP contribution is -2.16. The van der Waals surface area contributed by atoms with Crippen LogP contribution in [0.3, 0.4) is 0 Å². The minimum Gasteiger partial charge on any atom is -0.369 e. The number of aromatic nitrogens is 2. The largest absolute Gasteiger partial charge is 0.369 e. The van der Waals surface area contributed by atoms with Crippen molar-refractivity contribution in [3.63, 3.8) is 0 Å². The Balaban J connectivity index is 1.63. The molecule has 2 aliphatic rings. The topological polar surface area (TPSA) is 41.1 Å². The van der Waals surface area contributed by atoms with Gasteiger partial charge < -0.3 is 10.2 Å². The molecule has 0 radical (unpaired) electrons. The van der Waals surface area contributed by atoms with Crippen LogP contribution in [-0.4, -0.2) is 16.5 Å². The van der Waals surface area contributed by atoms with Crippen molar-refractivity contribution < 1.29 is 0 Å². The summed E-state index contributed by atoms with van der Waals surface area (Å²) in [4.78, 5) is 11.8. The van der Waals surface area contributed by atoms with E-state index in [2.05, 4.69) is 88.0 Å². The van der Waals surface area contributed by atoms with Crippen molar-refractivity contribution in [3.05, 3.63) is 102 Å². The third-order valence-corrected chi connectivity index (χ3v) is 5.89. The van der Waals surface area contributed by atoms with Gasteiger partial charge in [-0.2, -0.15) is 0 Å². The Kier molecular flexibility index (Phi) is 3.63. The minimum absolute atomic E-state index is 0.0430. The number of nitrogens with one attached hydrogen (secondary N) is 1. The molecular formula is C25H20N4. The molecule has 0 saturated carbocycles. The van der Waals surface area contributed by atoms with E-state index in [1.54, 1.807) is 6.33 Å². The van der Waals surface area contributed by atoms with Crippen molar-refractivity contribution in [2.75, 3.05) is 16.8 Å². The number of fused-ring (bicyclic) bond motifs is 2. The Morgan fingerprint density at radius 3 is 2.45 bits per heavy atom. The summed E-state index contributed by atoms with van der Waals surface area (Å²) in [6.07, 6.45) is 2.72. The molecular weight excluding hydrogens is 356 g/mol. The average Bonchev–Trinajstić information content (AvgIpc) is 3.16. The van der Waals surface area contributed by atoms with Crippen LogP contribution in [0.2, 0.25) is 0 Å². The molecule has 0 saturated heterocycles. The Bertz CT molecular complexity index is 1190. The van der Waals surface area contributed by atoms with Crippen LogP contribution in [0.15, 0.2) is 85.2 Å². The first-order valence-electron chi connectivity index (χ1n) is 10.0. The Morgan fingerprint density at radius 1 is 0.828 bits per heavy atom. The zero-order valence-corrected chi connectivity index (χ0v) is 15.9. The first kappa shape index (κ1) is 16.3. The van der Waals surface area contributed by atoms with Crippen molar-refractivity contribution in [3.8, 4) is 11.3 Å². The van der Waals surface area contributed by atoms with Gasteiger partial charge in [-0.3, -0.25) is 0 Å². The summed E-state index contributed by atoms with van der Waals surface area (Å²) < 4.78 is 0. The summed E-state index contributed by atoms with van der Waals surface area (Å²) in [6, 6.07) is 27.7. The number of rotatable bonds is 2. The quantitative estimate of drug-likeness (QED) is 0.512. The third-order valence-electron chi connectivity index (χ3n) is 5.89. The molecule has 1 unspecified atom stereocenters. The smallest absolute Gasteiger partial charge is 0.160 e. The van der Waals surface area contributed by atoms with E-state index in [1.807, 2.05) is 6.07 Å². The molecule has 0 fully saturated rings. The molecule has 0 amide bonds. The van der Waals surface area contributed by atoms with Crippen molar-refractivity contribution in [2.24, 2.45) is 0 Å². The molecule has 0 spiro atoms. The molecule has 3 aromatic carbocycles. The van der Waals surface area contributed by atoms with E-state index in [1.165, 1.54) is 22.4 Å². The van der Waals surface area contributed by atoms with Crippen molar-refractivity contribution in [2.45, 2.75) is 12.5 Å². The highest BCUT2D eigenvalue weighted by Crippen LogP contribution is 2.49. The van der Waals surface area contributed by atoms with E-state index in [9.17, 15) is 0 Å². The fourth-order valence-electron chi connectivity index (χ4n) is 4.59. The average molecular weight is 376 g/mol. The fourth-order valence-corrected chi connectivity index (χ4v) is 4.59. The standard InChI is InChI=1S/C25H20N4/c1-3-8-17(9-4-1)21-20-13-7-12-19-14-15-29(24(19)20)25-23(28-21)22(26-16-27-25)18-10-5-2-6-11-18/h1-13,16,21,28H,14-15H2. The second kappa shape index (κ2) is 6.45. The molecule has 4 nitrogen and oxygen atoms in total. The summed E-state index contributed by atoms with van der Waals surface area (Å²) in [6.45, 7) is 0.938. The van der Waals surface area contributed by atoms with Gasteiger partial charge in [-0.15, -0.1) is 0 Å². The molecule has 3 heterocycles. The number of benzene rings is 3. The third kappa shape index (κ3) is 2.53. The molecule has 1 aromatic heterocycles. The minimum atomic E-state index is 0.0430. The van der Waals surface area contributed by atoms with Crippen molar-refractivity contribution >= 4 is 17.2 Å². The van der Waals surface area contributed by atoms with E-state index in [0.717, 1.165) is 35.7 Å². The molecule has 4 heteroatoms. The summed E-state index contributed by atoms with van der Waals surface area (Å²) in [5, 5.41) is 3.82. The second-order valence-corrected chi connectivity index (χ2v) is 7.53. The van der Waals surface area contributed by atoms with E-state index >= 15 is 0 Å². The number of hydrogen-bond acceptors (Lipinski definition) is 4. The Morgan fingerprint density at radius 2 is 1.62 bits per heavy atom. The molecule has 0 bridgehead atoms. The summed E-state index contributed by atoms with van der Waals surface area (Å²) >= 11 is 0. The van der Waals surface area contributed by atoms with Crippen LogP contribution in [0.1, 0.15) is 22.7 Å². The maximum absolute atomic E-state index is 4.73. The summed E-state index contributed by atoms with van der Waals surface area (Å²) in [7, 11) is 0. The molecule has 4 aromatic rings. The normalized spacial score (nSPS) is 16.6. The van der Waals surface area contributed by atoms with Gasteiger partial charge in [0.1, 0.15) is 12.0 Å². The van der Waals surface area contributed by atoms with Gasteiger partial charge in [0.25, 0.3) is 0 Å². The van der Waals surface area contributed by atoms with Gasteiger partial charge in [0, 0.05) is 17.7 Å². The Hall–Kier alpha value is -3.66. The Labute approximate surface area is 169 Å². The van der Waals surface area contributed by atoms with Crippen LogP contribution in [0, 0.1) is 0 Å². The van der Waals surface area contributed by atoms with Crippen LogP contribution in [0.25, 0.3) is 11.3 Å². The van der Waals surface area contributed by atoms with E-state index in [-0.39, 0.29) is 6.04 Å². The van der Waals surface area contributed by atoms with Gasteiger partial charge in [-0.1, -0.05) is 78.9 Å². The van der Waals surface area contributed by atoms with Crippen LogP contribution in [0.4, 0.5) is 17.2 Å². The molecule has 2 aliphatic heterocycles. The van der Waals surface area contributed by atoms with Gasteiger partial charge in [0.05, 0.1) is 17.4 Å². The van der Waals surface area contributed by atoms with Crippen molar-refractivity contribution in [1.82, 2.24) is 9.97 Å². The van der Waals surface area contributed by atoms with Gasteiger partial charge in [0.2, 0.25) is 0 Å². The molecule has 140 valence electrons. The predicted molar refractivity (Wildman–Crippen MR) is 117 cm³/mol. The van der Waals surface area contributed by atoms with Crippen LogP contribution in [-0.2, 0) is 6.42 Å². The lowest BCUT2D eigenvalue weighted by atomic mass is 9.95. The number of nitrogens with zero attached hydrogens (tertiary/aromatic N) is 3. The first-order valence-corrected chi connectivity index (χ1v) is 10.0. The highest BCUT2D eigenvalue weighted by Gasteiger charge is 2.34. The van der Waals surface area contributed by atoms with E-state index < -0.39 is 0 Å². The van der Waals surface area contributed by atoms with E-state index in [4.69, 9.17) is 4.98 Å². The zero-order valence-electron chi connectivity index (χ0n) is 15.9. The first-order chi connectivity index (χ1) is 14.4. The SMILES string of the molecule is c1ccc(-c2ncnc3c2NC(c2ccccc2)c2cccc4c2N3CC4)cc1. The lowest BCUT2D eigenvalue weighted by Gasteiger charge is -2.21. The van der Waals surface area contributed by atoms with E-state index in [0.29, 0.717) is 0 Å². The highest BCUT2D eigenvalue weighted by atomic mass is 15.3. The molecule has 0 aliphatic carbocycles. The van der Waals surface area contributed by atoms with Gasteiger partial charge >= 0.3 is 0 Å². The van der Waals surface area contributed by atoms with Gasteiger partial charge in [-0.25, -0.2) is 9.97 Å². The number of anilines is 3. The lowest BCUT2D eigenvalue weighted by molar-refractivity contribution is 0.944. The molecule has 1 atom stereocenters. The van der Waals surface area contributed by atoms with Crippen LogP contribution >= 0.6 is 0 Å².